The molecule has 1 aromatic carbocycles. The smallest absolute Gasteiger partial charge is 0.275 e. The third-order valence-corrected chi connectivity index (χ3v) is 5.35. The Bertz CT molecular complexity index is 746. The third-order valence-electron chi connectivity index (χ3n) is 5.35. The summed E-state index contributed by atoms with van der Waals surface area (Å²) < 4.78 is 0. The lowest BCUT2D eigenvalue weighted by molar-refractivity contribution is 0.0788. The molecule has 24 heavy (non-hydrogen) atoms. The Morgan fingerprint density at radius 2 is 1.67 bits per heavy atom. The lowest BCUT2D eigenvalue weighted by atomic mass is 9.99. The predicted molar refractivity (Wildman–Crippen MR) is 95.3 cm³/mol. The van der Waals surface area contributed by atoms with E-state index in [1.807, 2.05) is 23.1 Å². The van der Waals surface area contributed by atoms with Gasteiger partial charge >= 0.3 is 0 Å². The van der Waals surface area contributed by atoms with E-state index in [-0.39, 0.29) is 5.91 Å². The van der Waals surface area contributed by atoms with Gasteiger partial charge in [0.1, 0.15) is 0 Å². The van der Waals surface area contributed by atoms with Gasteiger partial charge in [0.2, 0.25) is 0 Å². The monoisotopic (exact) mass is 324 g/mol. The van der Waals surface area contributed by atoms with Crippen molar-refractivity contribution in [3.05, 3.63) is 30.0 Å². The van der Waals surface area contributed by atoms with E-state index in [4.69, 9.17) is 0 Å². The maximum absolute atomic E-state index is 12.8. The number of likely N-dealkylation sites (tertiary alicyclic amines) is 1. The molecule has 4 rings (SSSR count). The van der Waals surface area contributed by atoms with E-state index in [2.05, 4.69) is 28.1 Å². The standard InChI is InChI=1S/C19H24N4O/c1-14-8-12-22(13-9-14)18-16-7-3-2-6-15(16)17(20-21-18)19(24)23-10-4-5-11-23/h2-3,6-7,14H,4-5,8-13H2,1H3. The van der Waals surface area contributed by atoms with Crippen LogP contribution in [0.4, 0.5) is 5.82 Å². The fourth-order valence-corrected chi connectivity index (χ4v) is 3.77. The molecule has 0 unspecified atom stereocenters. The highest BCUT2D eigenvalue weighted by Gasteiger charge is 2.25. The number of carbonyl (C=O) groups is 1. The Balaban J connectivity index is 1.73. The van der Waals surface area contributed by atoms with Gasteiger partial charge in [-0.3, -0.25) is 4.79 Å². The number of rotatable bonds is 2. The van der Waals surface area contributed by atoms with Gasteiger partial charge in [-0.1, -0.05) is 31.2 Å². The molecule has 0 saturated carbocycles. The van der Waals surface area contributed by atoms with Crippen LogP contribution in [-0.4, -0.2) is 47.2 Å². The summed E-state index contributed by atoms with van der Waals surface area (Å²) in [5.41, 5.74) is 0.502. The number of fused-ring (bicyclic) bond motifs is 1. The second kappa shape index (κ2) is 6.38. The van der Waals surface area contributed by atoms with Gasteiger partial charge in [0.25, 0.3) is 5.91 Å². The van der Waals surface area contributed by atoms with Crippen molar-refractivity contribution in [3.8, 4) is 0 Å². The van der Waals surface area contributed by atoms with Crippen LogP contribution in [0.25, 0.3) is 10.8 Å². The lowest BCUT2D eigenvalue weighted by Gasteiger charge is -2.31. The van der Waals surface area contributed by atoms with Crippen LogP contribution >= 0.6 is 0 Å². The highest BCUT2D eigenvalue weighted by atomic mass is 16.2. The Morgan fingerprint density at radius 1 is 1.00 bits per heavy atom. The van der Waals surface area contributed by atoms with E-state index in [9.17, 15) is 4.79 Å². The van der Waals surface area contributed by atoms with Crippen LogP contribution in [0, 0.1) is 5.92 Å². The van der Waals surface area contributed by atoms with Gasteiger partial charge in [-0.25, -0.2) is 0 Å². The van der Waals surface area contributed by atoms with E-state index in [1.54, 1.807) is 0 Å². The van der Waals surface area contributed by atoms with Crippen molar-refractivity contribution >= 4 is 22.5 Å². The molecule has 0 bridgehead atoms. The van der Waals surface area contributed by atoms with Crippen LogP contribution in [0.2, 0.25) is 0 Å². The molecule has 1 aromatic heterocycles. The number of anilines is 1. The number of aromatic nitrogens is 2. The molecule has 0 spiro atoms. The maximum Gasteiger partial charge on any atom is 0.275 e. The number of benzene rings is 1. The quantitative estimate of drug-likeness (QED) is 0.852. The fourth-order valence-electron chi connectivity index (χ4n) is 3.77. The number of hydrogen-bond acceptors (Lipinski definition) is 4. The van der Waals surface area contributed by atoms with Crippen LogP contribution in [-0.2, 0) is 0 Å². The normalized spacial score (nSPS) is 19.2. The zero-order valence-electron chi connectivity index (χ0n) is 14.2. The van der Waals surface area contributed by atoms with E-state index in [0.717, 1.165) is 61.5 Å². The molecule has 1 amide bonds. The van der Waals surface area contributed by atoms with Crippen LogP contribution < -0.4 is 4.90 Å². The molecule has 2 fully saturated rings. The zero-order chi connectivity index (χ0) is 16.5. The molecule has 0 atom stereocenters. The maximum atomic E-state index is 12.8. The van der Waals surface area contributed by atoms with E-state index >= 15 is 0 Å². The summed E-state index contributed by atoms with van der Waals surface area (Å²) >= 11 is 0. The van der Waals surface area contributed by atoms with E-state index in [1.165, 1.54) is 12.8 Å². The minimum Gasteiger partial charge on any atom is -0.355 e. The largest absolute Gasteiger partial charge is 0.355 e. The first kappa shape index (κ1) is 15.4. The lowest BCUT2D eigenvalue weighted by Crippen LogP contribution is -2.34. The van der Waals surface area contributed by atoms with Crippen LogP contribution in [0.3, 0.4) is 0 Å². The Morgan fingerprint density at radius 3 is 2.38 bits per heavy atom. The topological polar surface area (TPSA) is 49.3 Å². The summed E-state index contributed by atoms with van der Waals surface area (Å²) in [5, 5.41) is 10.8. The van der Waals surface area contributed by atoms with Crippen molar-refractivity contribution in [2.24, 2.45) is 5.92 Å². The van der Waals surface area contributed by atoms with Crippen LogP contribution in [0.15, 0.2) is 24.3 Å². The highest BCUT2D eigenvalue weighted by molar-refractivity contribution is 6.07. The molecule has 0 radical (unpaired) electrons. The first-order valence-corrected chi connectivity index (χ1v) is 9.03. The van der Waals surface area contributed by atoms with Crippen molar-refractivity contribution in [1.29, 1.82) is 0 Å². The number of hydrogen-bond donors (Lipinski definition) is 0. The molecule has 2 aliphatic heterocycles. The number of carbonyl (C=O) groups excluding carboxylic acids is 1. The zero-order valence-corrected chi connectivity index (χ0v) is 14.2. The summed E-state index contributed by atoms with van der Waals surface area (Å²) in [7, 11) is 0. The first-order chi connectivity index (χ1) is 11.7. The van der Waals surface area contributed by atoms with Gasteiger partial charge < -0.3 is 9.80 Å². The first-order valence-electron chi connectivity index (χ1n) is 9.03. The molecular formula is C19H24N4O. The van der Waals surface area contributed by atoms with Crippen molar-refractivity contribution < 1.29 is 4.79 Å². The molecule has 3 heterocycles. The summed E-state index contributed by atoms with van der Waals surface area (Å²) in [6.07, 6.45) is 4.54. The Kier molecular flexibility index (Phi) is 4.08. The number of piperidine rings is 1. The fraction of sp³-hybridized carbons (Fsp3) is 0.526. The summed E-state index contributed by atoms with van der Waals surface area (Å²) in [6.45, 7) is 6.00. The summed E-state index contributed by atoms with van der Waals surface area (Å²) in [5.74, 6) is 1.72. The van der Waals surface area contributed by atoms with E-state index in [0.29, 0.717) is 5.69 Å². The van der Waals surface area contributed by atoms with Gasteiger partial charge in [-0.15, -0.1) is 10.2 Å². The molecule has 5 nitrogen and oxygen atoms in total. The molecule has 2 saturated heterocycles. The van der Waals surface area contributed by atoms with E-state index < -0.39 is 0 Å². The van der Waals surface area contributed by atoms with Gasteiger partial charge in [-0.2, -0.15) is 0 Å². The molecular weight excluding hydrogens is 300 g/mol. The van der Waals surface area contributed by atoms with Gasteiger partial charge in [0.05, 0.1) is 0 Å². The molecule has 126 valence electrons. The third kappa shape index (κ3) is 2.72. The van der Waals surface area contributed by atoms with Crippen molar-refractivity contribution in [1.82, 2.24) is 15.1 Å². The van der Waals surface area contributed by atoms with Crippen molar-refractivity contribution in [2.45, 2.75) is 32.6 Å². The van der Waals surface area contributed by atoms with Gasteiger partial charge in [0, 0.05) is 37.0 Å². The SMILES string of the molecule is CC1CCN(c2nnc(C(=O)N3CCCC3)c3ccccc23)CC1. The Hall–Kier alpha value is -2.17. The van der Waals surface area contributed by atoms with Gasteiger partial charge in [-0.05, 0) is 31.6 Å². The molecule has 5 heteroatoms. The minimum atomic E-state index is 0.0232. The summed E-state index contributed by atoms with van der Waals surface area (Å²) in [4.78, 5) is 17.0. The van der Waals surface area contributed by atoms with Gasteiger partial charge in [0.15, 0.2) is 11.5 Å². The average Bonchev–Trinajstić information content (AvgIpc) is 3.16. The van der Waals surface area contributed by atoms with Crippen LogP contribution in [0.5, 0.6) is 0 Å². The second-order valence-electron chi connectivity index (χ2n) is 7.09. The highest BCUT2D eigenvalue weighted by Crippen LogP contribution is 2.29. The average molecular weight is 324 g/mol. The number of amides is 1. The number of nitrogens with zero attached hydrogens (tertiary/aromatic N) is 4. The van der Waals surface area contributed by atoms with Crippen molar-refractivity contribution in [2.75, 3.05) is 31.1 Å². The van der Waals surface area contributed by atoms with Crippen LogP contribution in [0.1, 0.15) is 43.1 Å². The molecule has 2 aliphatic rings. The molecule has 0 aliphatic carbocycles. The molecule has 2 aromatic rings. The minimum absolute atomic E-state index is 0.0232. The summed E-state index contributed by atoms with van der Waals surface area (Å²) in [6, 6.07) is 8.07. The molecule has 0 N–H and O–H groups in total. The van der Waals surface area contributed by atoms with Crippen molar-refractivity contribution in [3.63, 3.8) is 0 Å². The second-order valence-corrected chi connectivity index (χ2v) is 7.09. The Labute approximate surface area is 142 Å². The predicted octanol–water partition coefficient (Wildman–Crippen LogP) is 3.10.